The number of aryl methyl sites for hydroxylation is 13. The van der Waals surface area contributed by atoms with E-state index in [1.54, 1.807) is 124 Å². The van der Waals surface area contributed by atoms with Crippen LogP contribution in [0.1, 0.15) is 160 Å². The van der Waals surface area contributed by atoms with Crippen LogP contribution in [-0.4, -0.2) is 0 Å². The summed E-state index contributed by atoms with van der Waals surface area (Å²) in [5.74, 6) is -5.16. The van der Waals surface area contributed by atoms with Gasteiger partial charge in [0.25, 0.3) is 0 Å². The molecule has 58 heavy (non-hydrogen) atoms. The summed E-state index contributed by atoms with van der Waals surface area (Å²) in [6.45, 7) is 3.08. The van der Waals surface area contributed by atoms with Gasteiger partial charge in [0.05, 0.1) is 0 Å². The fourth-order valence-electron chi connectivity index (χ4n) is 6.92. The van der Waals surface area contributed by atoms with E-state index < -0.39 is 58.8 Å². The summed E-state index contributed by atoms with van der Waals surface area (Å²) < 4.78 is 168. The molecular formula is C55H74N3+3. The SMILES string of the molecule is [2H]C([2H])([2H])C([2H])(C)c1ccc(-c2cc(C)c(C([2H])(C)C([2H])([2H])[2H])cc2C)[n+](C)c1.[2H]C([2H])([2H])c1cc(C)c(-c2cc(C)c(C([2H])([2H])[2H])c[n+]2C)cc1C.[2H]C([2H])([2H])c1cc(C)c(-c2ccc(C([2H])(C)C([2H])([2H])[2H])c[n+]2C)cc1C. The third-order valence-corrected chi connectivity index (χ3v) is 10.6. The van der Waals surface area contributed by atoms with Gasteiger partial charge < -0.3 is 0 Å². The van der Waals surface area contributed by atoms with Crippen LogP contribution in [0.25, 0.3) is 33.8 Å². The van der Waals surface area contributed by atoms with Gasteiger partial charge >= 0.3 is 0 Å². The second-order valence-electron chi connectivity index (χ2n) is 15.5. The van der Waals surface area contributed by atoms with Gasteiger partial charge in [-0.15, -0.1) is 0 Å². The highest BCUT2D eigenvalue weighted by Crippen LogP contribution is 2.30. The molecule has 0 saturated carbocycles. The summed E-state index contributed by atoms with van der Waals surface area (Å²) in [6, 6.07) is 19.4. The molecule has 0 N–H and O–H groups in total. The van der Waals surface area contributed by atoms with E-state index >= 15 is 0 Å². The van der Waals surface area contributed by atoms with E-state index in [1.807, 2.05) is 45.0 Å². The minimum Gasteiger partial charge on any atom is -0.201 e. The molecule has 0 fully saturated rings. The third kappa shape index (κ3) is 10.8. The van der Waals surface area contributed by atoms with Crippen LogP contribution in [-0.2, 0) is 21.1 Å². The molecule has 3 aromatic carbocycles. The largest absolute Gasteiger partial charge is 0.212 e. The van der Waals surface area contributed by atoms with E-state index in [0.717, 1.165) is 50.5 Å². The highest BCUT2D eigenvalue weighted by molar-refractivity contribution is 5.65. The highest BCUT2D eigenvalue weighted by atomic mass is 14.9. The first-order valence-electron chi connectivity index (χ1n) is 29.8. The van der Waals surface area contributed by atoms with Crippen LogP contribution in [0.15, 0.2) is 85.3 Å². The minimum atomic E-state index is -2.45. The quantitative estimate of drug-likeness (QED) is 0.149. The van der Waals surface area contributed by atoms with Gasteiger partial charge in [-0.1, -0.05) is 59.5 Å². The predicted molar refractivity (Wildman–Crippen MR) is 249 cm³/mol. The molecule has 3 unspecified atom stereocenters. The Bertz CT molecular complexity index is 3150. The van der Waals surface area contributed by atoms with Gasteiger partial charge in [-0.05, 0) is 173 Å². The van der Waals surface area contributed by atoms with Crippen LogP contribution < -0.4 is 13.7 Å². The molecule has 0 amide bonds. The lowest BCUT2D eigenvalue weighted by molar-refractivity contribution is -0.661. The number of pyridine rings is 3. The zero-order valence-corrected chi connectivity index (χ0v) is 36.4. The van der Waals surface area contributed by atoms with Crippen molar-refractivity contribution >= 4 is 0 Å². The Kier molecular flexibility index (Phi) is 8.05. The molecule has 6 aromatic rings. The Balaban J connectivity index is 0.000000256. The van der Waals surface area contributed by atoms with Gasteiger partial charge in [0.15, 0.2) is 18.6 Å². The van der Waals surface area contributed by atoms with E-state index in [0.29, 0.717) is 55.6 Å². The van der Waals surface area contributed by atoms with Crippen LogP contribution in [0, 0.1) is 69.0 Å². The monoisotopic (exact) mass is 798 g/mol. The molecule has 306 valence electrons. The Morgan fingerprint density at radius 3 is 1.22 bits per heavy atom. The van der Waals surface area contributed by atoms with Crippen LogP contribution in [0.4, 0.5) is 0 Å². The number of hydrogen-bond acceptors (Lipinski definition) is 0. The molecule has 6 rings (SSSR count). The molecule has 3 heterocycles. The smallest absolute Gasteiger partial charge is 0.201 e. The molecule has 3 atom stereocenters. The van der Waals surface area contributed by atoms with Crippen molar-refractivity contribution in [1.82, 2.24) is 0 Å². The number of aromatic nitrogens is 3. The third-order valence-electron chi connectivity index (χ3n) is 10.6. The lowest BCUT2D eigenvalue weighted by atomic mass is 9.91. The molecule has 3 nitrogen and oxygen atoms in total. The number of benzene rings is 3. The first kappa shape index (κ1) is 24.3. The summed E-state index contributed by atoms with van der Waals surface area (Å²) >= 11 is 0. The van der Waals surface area contributed by atoms with Crippen molar-refractivity contribution in [2.45, 2.75) is 128 Å². The maximum absolute atomic E-state index is 8.39. The maximum atomic E-state index is 8.39. The Morgan fingerprint density at radius 1 is 0.397 bits per heavy atom. The van der Waals surface area contributed by atoms with Gasteiger partial charge in [0, 0.05) is 80.4 Å². The van der Waals surface area contributed by atoms with Gasteiger partial charge in [-0.25, -0.2) is 13.7 Å². The van der Waals surface area contributed by atoms with Crippen molar-refractivity contribution in [1.29, 1.82) is 0 Å². The van der Waals surface area contributed by atoms with Crippen molar-refractivity contribution in [2.75, 3.05) is 0 Å². The van der Waals surface area contributed by atoms with E-state index in [4.69, 9.17) is 28.8 Å². The van der Waals surface area contributed by atoms with Crippen LogP contribution >= 0.6 is 0 Å². The van der Waals surface area contributed by atoms with Crippen molar-refractivity contribution < 1.29 is 42.5 Å². The standard InChI is InChI=1S/C20H28N.C18H24N.C17H22N/c1-13(2)17-8-9-20(21(7)12-17)19-11-15(5)18(14(3)4)10-16(19)6;1-12(2)16-7-8-18(19(6)11-16)17-10-14(4)13(3)9-15(17)5;1-11-7-14(4)16(8-12(11)2)17-9-13(3)15(5)10-18(17)6/h8-14H,1-7H3;7-12H,1-6H3;7-10H,1-6H3/q3*+1/i1D3,3D3,13D,14D;1D3,3D3,12D;1D3,5D3. The molecule has 0 radical (unpaired) electrons. The fourth-order valence-corrected chi connectivity index (χ4v) is 6.92. The van der Waals surface area contributed by atoms with Crippen LogP contribution in [0.5, 0.6) is 0 Å². The molecule has 0 aliphatic heterocycles. The predicted octanol–water partition coefficient (Wildman–Crippen LogP) is 13.0. The first-order valence-corrected chi connectivity index (χ1v) is 19.3. The molecule has 0 spiro atoms. The molecular weight excluding hydrogens is 703 g/mol. The topological polar surface area (TPSA) is 11.6 Å². The Hall–Kier alpha value is -4.89. The van der Waals surface area contributed by atoms with Crippen molar-refractivity contribution in [3.8, 4) is 33.8 Å². The lowest BCUT2D eigenvalue weighted by Gasteiger charge is -2.14. The summed E-state index contributed by atoms with van der Waals surface area (Å²) in [6.07, 6.45) is 4.93. The summed E-state index contributed by atoms with van der Waals surface area (Å²) in [5.41, 5.74) is 12.7. The molecule has 0 bridgehead atoms. The van der Waals surface area contributed by atoms with Gasteiger partial charge in [0.2, 0.25) is 17.1 Å². The van der Waals surface area contributed by atoms with Gasteiger partial charge in [-0.3, -0.25) is 0 Å². The molecule has 0 aliphatic rings. The second kappa shape index (κ2) is 19.2. The Labute approximate surface area is 383 Å². The molecule has 3 aromatic heterocycles. The van der Waals surface area contributed by atoms with E-state index in [1.165, 1.54) is 20.8 Å². The average molecular weight is 798 g/mol. The first-order chi connectivity index (χ1) is 35.4. The summed E-state index contributed by atoms with van der Waals surface area (Å²) in [4.78, 5) is 0. The van der Waals surface area contributed by atoms with Gasteiger partial charge in [-0.2, -0.15) is 0 Å². The maximum Gasteiger partial charge on any atom is 0.212 e. The average Bonchev–Trinajstić information content (AvgIpc) is 3.27. The zero-order valence-electron chi connectivity index (χ0n) is 57.4. The summed E-state index contributed by atoms with van der Waals surface area (Å²) in [7, 11) is 5.38. The van der Waals surface area contributed by atoms with Crippen molar-refractivity contribution in [3.05, 3.63) is 158 Å². The molecule has 3 heteroatoms. The van der Waals surface area contributed by atoms with E-state index in [9.17, 15) is 0 Å². The lowest BCUT2D eigenvalue weighted by Crippen LogP contribution is -2.31. The van der Waals surface area contributed by atoms with Crippen LogP contribution in [0.3, 0.4) is 0 Å². The fraction of sp³-hybridized carbons (Fsp3) is 0.400. The molecule has 0 saturated heterocycles. The highest BCUT2D eigenvalue weighted by Gasteiger charge is 2.18. The minimum absolute atomic E-state index is 0.322. The Morgan fingerprint density at radius 2 is 0.793 bits per heavy atom. The second-order valence-corrected chi connectivity index (χ2v) is 15.5. The van der Waals surface area contributed by atoms with E-state index in [-0.39, 0.29) is 0 Å². The number of rotatable bonds is 6. The van der Waals surface area contributed by atoms with Crippen molar-refractivity contribution in [2.24, 2.45) is 21.1 Å². The number of nitrogens with zero attached hydrogens (tertiary/aromatic N) is 3. The van der Waals surface area contributed by atoms with Crippen LogP contribution in [0.2, 0.25) is 0 Å². The van der Waals surface area contributed by atoms with Gasteiger partial charge in [0.1, 0.15) is 21.1 Å². The van der Waals surface area contributed by atoms with E-state index in [2.05, 4.69) is 0 Å². The molecule has 0 aliphatic carbocycles. The normalized spacial score (nSPS) is 20.8. The van der Waals surface area contributed by atoms with Crippen molar-refractivity contribution in [3.63, 3.8) is 0 Å². The summed E-state index contributed by atoms with van der Waals surface area (Å²) in [5, 5.41) is 0. The number of hydrogen-bond donors (Lipinski definition) is 0. The zero-order chi connectivity index (χ0) is 61.1.